The Morgan fingerprint density at radius 2 is 2.14 bits per heavy atom. The second kappa shape index (κ2) is 3.68. The highest BCUT2D eigenvalue weighted by Crippen LogP contribution is 2.28. The highest BCUT2D eigenvalue weighted by Gasteiger charge is 2.17. The summed E-state index contributed by atoms with van der Waals surface area (Å²) in [5, 5.41) is 9.71. The van der Waals surface area contributed by atoms with E-state index in [9.17, 15) is 5.11 Å². The zero-order chi connectivity index (χ0) is 9.97. The Hall–Kier alpha value is -1.54. The maximum atomic E-state index is 9.71. The number of hydrogen-bond donors (Lipinski definition) is 1. The molecule has 0 aliphatic heterocycles. The van der Waals surface area contributed by atoms with Crippen molar-refractivity contribution in [3.05, 3.63) is 47.7 Å². The largest absolute Gasteiger partial charge is 0.504 e. The molecule has 72 valence electrons. The lowest BCUT2D eigenvalue weighted by Gasteiger charge is -2.18. The average Bonchev–Trinajstić information content (AvgIpc) is 2.23. The minimum atomic E-state index is -0.565. The van der Waals surface area contributed by atoms with Crippen LogP contribution in [0.4, 0.5) is 0 Å². The number of ether oxygens (including phenoxy) is 1. The fourth-order valence-corrected chi connectivity index (χ4v) is 1.62. The summed E-state index contributed by atoms with van der Waals surface area (Å²) in [5.74, 6) is 0. The zero-order valence-electron chi connectivity index (χ0n) is 7.97. The van der Waals surface area contributed by atoms with Crippen molar-refractivity contribution in [3.63, 3.8) is 0 Å². The van der Waals surface area contributed by atoms with Gasteiger partial charge in [0.25, 0.3) is 0 Å². The van der Waals surface area contributed by atoms with Crippen LogP contribution in [-0.2, 0) is 4.74 Å². The van der Waals surface area contributed by atoms with E-state index < -0.39 is 6.10 Å². The van der Waals surface area contributed by atoms with Crippen molar-refractivity contribution in [2.24, 2.45) is 0 Å². The van der Waals surface area contributed by atoms with Crippen LogP contribution in [0.15, 0.2) is 36.6 Å². The smallest absolute Gasteiger partial charge is 0.101 e. The average molecular weight is 188 g/mol. The van der Waals surface area contributed by atoms with Gasteiger partial charge >= 0.3 is 0 Å². The predicted octanol–water partition coefficient (Wildman–Crippen LogP) is 2.06. The van der Waals surface area contributed by atoms with E-state index in [1.807, 2.05) is 30.3 Å². The summed E-state index contributed by atoms with van der Waals surface area (Å²) < 4.78 is 4.95. The van der Waals surface area contributed by atoms with Crippen LogP contribution in [0, 0.1) is 0 Å². The van der Waals surface area contributed by atoms with Gasteiger partial charge in [0.15, 0.2) is 0 Å². The molecule has 2 heteroatoms. The first kappa shape index (κ1) is 9.03. The summed E-state index contributed by atoms with van der Waals surface area (Å²) in [6.07, 6.45) is 4.71. The van der Waals surface area contributed by atoms with Gasteiger partial charge in [-0.3, -0.25) is 0 Å². The molecule has 0 amide bonds. The van der Waals surface area contributed by atoms with Gasteiger partial charge in [0.05, 0.1) is 13.4 Å². The van der Waals surface area contributed by atoms with Gasteiger partial charge in [0, 0.05) is 5.57 Å². The molecule has 1 aliphatic rings. The van der Waals surface area contributed by atoms with E-state index in [1.54, 1.807) is 19.4 Å². The molecule has 0 aromatic heterocycles. The van der Waals surface area contributed by atoms with Gasteiger partial charge in [-0.15, -0.1) is 0 Å². The Morgan fingerprint density at radius 3 is 2.93 bits per heavy atom. The van der Waals surface area contributed by atoms with Crippen molar-refractivity contribution in [1.29, 1.82) is 0 Å². The molecular formula is C12H12O2. The van der Waals surface area contributed by atoms with Crippen molar-refractivity contribution in [2.75, 3.05) is 7.11 Å². The van der Waals surface area contributed by atoms with Crippen LogP contribution in [0.25, 0.3) is 11.6 Å². The Balaban J connectivity index is 2.53. The maximum absolute atomic E-state index is 9.71. The molecule has 2 rings (SSSR count). The molecule has 1 N–H and O–H groups in total. The number of benzene rings is 1. The van der Waals surface area contributed by atoms with Crippen molar-refractivity contribution < 1.29 is 9.84 Å². The minimum Gasteiger partial charge on any atom is -0.504 e. The standard InChI is InChI=1S/C12H12O2/c1-14-8-11-10-5-3-2-4-9(10)6-7-12(11)13/h2-8,12-13H,1H3. The normalized spacial score (nSPS) is 22.1. The number of aliphatic hydroxyl groups is 1. The number of rotatable bonds is 1. The third-order valence-corrected chi connectivity index (χ3v) is 2.29. The van der Waals surface area contributed by atoms with Crippen LogP contribution in [0.3, 0.4) is 0 Å². The van der Waals surface area contributed by atoms with Gasteiger partial charge in [0.2, 0.25) is 0 Å². The first-order valence-corrected chi connectivity index (χ1v) is 4.51. The van der Waals surface area contributed by atoms with Crippen molar-refractivity contribution in [2.45, 2.75) is 6.10 Å². The Bertz CT molecular complexity index is 391. The Morgan fingerprint density at radius 1 is 1.36 bits per heavy atom. The highest BCUT2D eigenvalue weighted by atomic mass is 16.5. The van der Waals surface area contributed by atoms with Gasteiger partial charge < -0.3 is 9.84 Å². The van der Waals surface area contributed by atoms with Gasteiger partial charge in [-0.1, -0.05) is 36.4 Å². The van der Waals surface area contributed by atoms with Gasteiger partial charge in [-0.05, 0) is 11.1 Å². The summed E-state index contributed by atoms with van der Waals surface area (Å²) in [7, 11) is 1.58. The zero-order valence-corrected chi connectivity index (χ0v) is 7.97. The SMILES string of the molecule is COC=C1c2ccccc2C=CC1O. The monoisotopic (exact) mass is 188 g/mol. The lowest BCUT2D eigenvalue weighted by atomic mass is 9.91. The summed E-state index contributed by atoms with van der Waals surface area (Å²) in [6, 6.07) is 7.92. The fraction of sp³-hybridized carbons (Fsp3) is 0.167. The second-order valence-corrected chi connectivity index (χ2v) is 3.20. The molecule has 0 fully saturated rings. The Kier molecular flexibility index (Phi) is 2.37. The molecule has 1 unspecified atom stereocenters. The predicted molar refractivity (Wildman–Crippen MR) is 56.5 cm³/mol. The van der Waals surface area contributed by atoms with E-state index in [2.05, 4.69) is 0 Å². The number of aliphatic hydroxyl groups excluding tert-OH is 1. The topological polar surface area (TPSA) is 29.5 Å². The summed E-state index contributed by atoms with van der Waals surface area (Å²) in [6.45, 7) is 0. The van der Waals surface area contributed by atoms with E-state index >= 15 is 0 Å². The summed E-state index contributed by atoms with van der Waals surface area (Å²) in [4.78, 5) is 0. The third-order valence-electron chi connectivity index (χ3n) is 2.29. The molecule has 1 atom stereocenters. The van der Waals surface area contributed by atoms with Crippen LogP contribution in [-0.4, -0.2) is 18.3 Å². The highest BCUT2D eigenvalue weighted by molar-refractivity contribution is 5.81. The van der Waals surface area contributed by atoms with Gasteiger partial charge in [0.1, 0.15) is 6.10 Å². The number of methoxy groups -OCH3 is 1. The van der Waals surface area contributed by atoms with Crippen molar-refractivity contribution in [1.82, 2.24) is 0 Å². The summed E-state index contributed by atoms with van der Waals surface area (Å²) in [5.41, 5.74) is 2.95. The van der Waals surface area contributed by atoms with E-state index in [0.29, 0.717) is 0 Å². The van der Waals surface area contributed by atoms with Crippen LogP contribution in [0.5, 0.6) is 0 Å². The molecule has 0 heterocycles. The molecule has 14 heavy (non-hydrogen) atoms. The molecule has 1 aromatic rings. The number of hydrogen-bond acceptors (Lipinski definition) is 2. The van der Waals surface area contributed by atoms with E-state index in [4.69, 9.17) is 4.74 Å². The lowest BCUT2D eigenvalue weighted by Crippen LogP contribution is -2.10. The van der Waals surface area contributed by atoms with Crippen LogP contribution >= 0.6 is 0 Å². The molecule has 0 bridgehead atoms. The molecular weight excluding hydrogens is 176 g/mol. The summed E-state index contributed by atoms with van der Waals surface area (Å²) >= 11 is 0. The van der Waals surface area contributed by atoms with Gasteiger partial charge in [-0.2, -0.15) is 0 Å². The maximum Gasteiger partial charge on any atom is 0.101 e. The van der Waals surface area contributed by atoms with Crippen LogP contribution in [0.2, 0.25) is 0 Å². The Labute approximate surface area is 83.1 Å². The fourth-order valence-electron chi connectivity index (χ4n) is 1.62. The first-order chi connectivity index (χ1) is 6.83. The molecule has 0 saturated heterocycles. The van der Waals surface area contributed by atoms with Crippen molar-refractivity contribution in [3.8, 4) is 0 Å². The molecule has 0 saturated carbocycles. The molecule has 1 aliphatic carbocycles. The first-order valence-electron chi connectivity index (χ1n) is 4.51. The molecule has 0 spiro atoms. The molecule has 2 nitrogen and oxygen atoms in total. The van der Waals surface area contributed by atoms with E-state index in [1.165, 1.54) is 0 Å². The minimum absolute atomic E-state index is 0.565. The third kappa shape index (κ3) is 1.44. The van der Waals surface area contributed by atoms with Crippen molar-refractivity contribution >= 4 is 11.6 Å². The van der Waals surface area contributed by atoms with Crippen LogP contribution < -0.4 is 0 Å². The van der Waals surface area contributed by atoms with Gasteiger partial charge in [-0.25, -0.2) is 0 Å². The quantitative estimate of drug-likeness (QED) is 0.683. The van der Waals surface area contributed by atoms with E-state index in [0.717, 1.165) is 16.7 Å². The molecule has 0 radical (unpaired) electrons. The second-order valence-electron chi connectivity index (χ2n) is 3.20. The lowest BCUT2D eigenvalue weighted by molar-refractivity contribution is 0.271. The number of fused-ring (bicyclic) bond motifs is 1. The molecule has 1 aromatic carbocycles. The van der Waals surface area contributed by atoms with Crippen LogP contribution in [0.1, 0.15) is 11.1 Å². The van der Waals surface area contributed by atoms with E-state index in [-0.39, 0.29) is 0 Å².